The van der Waals surface area contributed by atoms with Gasteiger partial charge < -0.3 is 5.48 Å². The fourth-order valence-electron chi connectivity index (χ4n) is 0. The molecular formula is H3AsCuO4. The van der Waals surface area contributed by atoms with Crippen LogP contribution in [0.15, 0.2) is 0 Å². The first kappa shape index (κ1) is 15.8. The monoisotopic (exact) mass is 205 g/mol. The summed E-state index contributed by atoms with van der Waals surface area (Å²) in [5, 5.41) is 0. The second-order valence-corrected chi connectivity index (χ2v) is 1.24. The molecule has 4 nitrogen and oxygen atoms in total. The quantitative estimate of drug-likeness (QED) is 0.407. The molecule has 3 N–H and O–H groups in total. The van der Waals surface area contributed by atoms with Gasteiger partial charge >= 0.3 is 45.0 Å². The van der Waals surface area contributed by atoms with Crippen LogP contribution in [-0.4, -0.2) is 25.2 Å². The predicted octanol–water partition coefficient (Wildman–Crippen LogP) is -4.14. The van der Waals surface area contributed by atoms with E-state index in [1.54, 1.807) is 0 Å². The van der Waals surface area contributed by atoms with Crippen LogP contribution in [0.25, 0.3) is 0 Å². The molecule has 0 aliphatic heterocycles. The van der Waals surface area contributed by atoms with Crippen molar-refractivity contribution in [2.45, 2.75) is 0 Å². The Hall–Kier alpha value is 0.918. The Bertz CT molecular complexity index is 12.3. The van der Waals surface area contributed by atoms with Crippen LogP contribution in [0.2, 0.25) is 0 Å². The minimum absolute atomic E-state index is 0. The maximum absolute atomic E-state index is 8.67. The fourth-order valence-corrected chi connectivity index (χ4v) is 0. The van der Waals surface area contributed by atoms with E-state index in [0.717, 1.165) is 0 Å². The number of hydrogen-bond acceptors (Lipinski definition) is 3. The molecule has 0 saturated carbocycles. The third-order valence-corrected chi connectivity index (χ3v) is 0. The Morgan fingerprint density at radius 3 is 1.33 bits per heavy atom. The van der Waals surface area contributed by atoms with Crippen molar-refractivity contribution in [1.29, 1.82) is 0 Å². The van der Waals surface area contributed by atoms with Crippen LogP contribution in [0.4, 0.5) is 0 Å². The molecule has 0 unspecified atom stereocenters. The second-order valence-electron chi connectivity index (χ2n) is 0.238. The molecule has 0 aromatic rings. The molecule has 0 aliphatic carbocycles. The van der Waals surface area contributed by atoms with Gasteiger partial charge in [0.1, 0.15) is 0 Å². The summed E-state index contributed by atoms with van der Waals surface area (Å²) in [6, 6.07) is 0. The number of rotatable bonds is 0. The summed E-state index contributed by atoms with van der Waals surface area (Å²) in [7, 11) is 0. The first-order valence-electron chi connectivity index (χ1n) is 0.565. The molecule has 1 radical (unpaired) electrons. The first-order chi connectivity index (χ1) is 1.73. The Morgan fingerprint density at radius 2 is 1.33 bits per heavy atom. The molecule has 0 fully saturated rings. The second kappa shape index (κ2) is 9.32. The summed E-state index contributed by atoms with van der Waals surface area (Å²) in [6.45, 7) is 0. The van der Waals surface area contributed by atoms with E-state index < -0.39 is 15.7 Å². The topological polar surface area (TPSA) is 97.9 Å². The van der Waals surface area contributed by atoms with Gasteiger partial charge in [-0.2, -0.15) is 0 Å². The standard InChI is InChI=1S/AsHO3.Cu.H2O/c2-1(3)4;;/h2H;;1H2/q-2;+2;. The zero-order valence-electron chi connectivity index (χ0n) is 2.51. The molecule has 0 heterocycles. The van der Waals surface area contributed by atoms with Crippen molar-refractivity contribution in [2.75, 3.05) is 0 Å². The van der Waals surface area contributed by atoms with E-state index in [-0.39, 0.29) is 22.5 Å². The van der Waals surface area contributed by atoms with E-state index in [9.17, 15) is 0 Å². The third-order valence-electron chi connectivity index (χ3n) is 0. The molecule has 0 spiro atoms. The molecule has 0 aliphatic rings. The van der Waals surface area contributed by atoms with E-state index in [1.807, 2.05) is 0 Å². The van der Waals surface area contributed by atoms with Gasteiger partial charge in [0.15, 0.2) is 0 Å². The predicted molar refractivity (Wildman–Crippen MR) is 11.6 cm³/mol. The normalized spacial score (nSPS) is 6.00. The van der Waals surface area contributed by atoms with Crippen LogP contribution in [0, 0.1) is 0 Å². The fraction of sp³-hybridized carbons (Fsp3) is 0. The zero-order valence-corrected chi connectivity index (χ0v) is 5.33. The molecule has 0 amide bonds. The molecule has 0 atom stereocenters. The molecule has 0 rings (SSSR count). The van der Waals surface area contributed by atoms with Gasteiger partial charge in [-0.25, -0.2) is 0 Å². The van der Waals surface area contributed by atoms with E-state index in [2.05, 4.69) is 0 Å². The molecule has 0 saturated heterocycles. The van der Waals surface area contributed by atoms with Crippen molar-refractivity contribution in [3.05, 3.63) is 0 Å². The van der Waals surface area contributed by atoms with Crippen LogP contribution >= 0.6 is 0 Å². The molecule has 6 heteroatoms. The summed E-state index contributed by atoms with van der Waals surface area (Å²) in [5.41, 5.74) is 0. The average Bonchev–Trinajstić information content (AvgIpc) is 0.811. The van der Waals surface area contributed by atoms with Crippen molar-refractivity contribution in [3.63, 3.8) is 0 Å². The Balaban J connectivity index is -0.0000000450. The SMILES string of the molecule is O.[Cu+2].[O-][As]([O-])O. The third kappa shape index (κ3) is 89.6. The van der Waals surface area contributed by atoms with Crippen molar-refractivity contribution in [2.24, 2.45) is 0 Å². The molecule has 6 heavy (non-hydrogen) atoms. The molecule has 0 aromatic carbocycles. The molecular weight excluding hydrogens is 202 g/mol. The van der Waals surface area contributed by atoms with E-state index in [4.69, 9.17) is 12.3 Å². The van der Waals surface area contributed by atoms with E-state index in [1.165, 1.54) is 0 Å². The molecule has 0 bridgehead atoms. The summed E-state index contributed by atoms with van der Waals surface area (Å²) in [5.74, 6) is 0. The van der Waals surface area contributed by atoms with Crippen molar-refractivity contribution >= 4 is 15.7 Å². The van der Waals surface area contributed by atoms with E-state index >= 15 is 0 Å². The van der Waals surface area contributed by atoms with Gasteiger partial charge in [0.05, 0.1) is 0 Å². The Morgan fingerprint density at radius 1 is 1.33 bits per heavy atom. The van der Waals surface area contributed by atoms with Gasteiger partial charge in [-0.15, -0.1) is 0 Å². The van der Waals surface area contributed by atoms with Gasteiger partial charge in [0, 0.05) is 0 Å². The summed E-state index contributed by atoms with van der Waals surface area (Å²) in [4.78, 5) is 0. The minimum atomic E-state index is -3.69. The van der Waals surface area contributed by atoms with Crippen molar-refractivity contribution in [1.82, 2.24) is 0 Å². The Kier molecular flexibility index (Phi) is 24.5. The zero-order chi connectivity index (χ0) is 3.58. The van der Waals surface area contributed by atoms with Crippen molar-refractivity contribution in [3.8, 4) is 0 Å². The average molecular weight is 205 g/mol. The van der Waals surface area contributed by atoms with Gasteiger partial charge in [-0.3, -0.25) is 0 Å². The first-order valence-corrected chi connectivity index (χ1v) is 2.94. The summed E-state index contributed by atoms with van der Waals surface area (Å²) < 4.78 is 24.4. The molecule has 43 valence electrons. The van der Waals surface area contributed by atoms with Gasteiger partial charge in [0.25, 0.3) is 0 Å². The maximum atomic E-state index is 8.67. The number of hydrogen-bond donors (Lipinski definition) is 1. The molecule has 0 aromatic heterocycles. The van der Waals surface area contributed by atoms with Crippen LogP contribution in [0.5, 0.6) is 0 Å². The van der Waals surface area contributed by atoms with Crippen LogP contribution in [-0.2, 0) is 17.1 Å². The van der Waals surface area contributed by atoms with Crippen LogP contribution in [0.3, 0.4) is 0 Å². The Labute approximate surface area is 50.9 Å². The van der Waals surface area contributed by atoms with Crippen LogP contribution < -0.4 is 8.19 Å². The van der Waals surface area contributed by atoms with E-state index in [0.29, 0.717) is 0 Å². The van der Waals surface area contributed by atoms with Gasteiger partial charge in [-0.1, -0.05) is 0 Å². The van der Waals surface area contributed by atoms with Crippen molar-refractivity contribution < 1.29 is 34.8 Å². The van der Waals surface area contributed by atoms with Gasteiger partial charge in [0.2, 0.25) is 0 Å². The summed E-state index contributed by atoms with van der Waals surface area (Å²) >= 11 is -3.69. The summed E-state index contributed by atoms with van der Waals surface area (Å²) in [6.07, 6.45) is 0. The van der Waals surface area contributed by atoms with Crippen LogP contribution in [0.1, 0.15) is 0 Å². The van der Waals surface area contributed by atoms with Gasteiger partial charge in [-0.05, 0) is 0 Å².